The molecule has 2 aromatic heterocycles. The fourth-order valence-corrected chi connectivity index (χ4v) is 3.90. The molecule has 8 nitrogen and oxygen atoms in total. The second-order valence-corrected chi connectivity index (χ2v) is 7.83. The van der Waals surface area contributed by atoms with Crippen molar-refractivity contribution >= 4 is 29.0 Å². The van der Waals surface area contributed by atoms with Crippen LogP contribution in [0.25, 0.3) is 5.65 Å². The lowest BCUT2D eigenvalue weighted by atomic mass is 10.0. The first-order valence-corrected chi connectivity index (χ1v) is 10.2. The zero-order valence-corrected chi connectivity index (χ0v) is 16.5. The van der Waals surface area contributed by atoms with Gasteiger partial charge in [0, 0.05) is 24.3 Å². The van der Waals surface area contributed by atoms with E-state index < -0.39 is 23.4 Å². The molecule has 0 bridgehead atoms. The van der Waals surface area contributed by atoms with Crippen molar-refractivity contribution in [3.05, 3.63) is 53.9 Å². The fourth-order valence-electron chi connectivity index (χ4n) is 3.90. The number of anilines is 2. The number of halogens is 2. The Kier molecular flexibility index (Phi) is 4.76. The molecule has 2 N–H and O–H groups in total. The van der Waals surface area contributed by atoms with Crippen LogP contribution in [0.5, 0.6) is 0 Å². The minimum absolute atomic E-state index is 0.0715. The number of benzene rings is 1. The molecule has 2 amide bonds. The molecule has 3 aromatic rings. The molecule has 5 rings (SSSR count). The van der Waals surface area contributed by atoms with E-state index in [1.165, 1.54) is 16.8 Å². The van der Waals surface area contributed by atoms with Gasteiger partial charge in [0.1, 0.15) is 23.1 Å². The molecule has 0 radical (unpaired) electrons. The summed E-state index contributed by atoms with van der Waals surface area (Å²) in [6.07, 6.45) is 6.32. The highest BCUT2D eigenvalue weighted by atomic mass is 19.1. The van der Waals surface area contributed by atoms with E-state index in [0.717, 1.165) is 31.4 Å². The van der Waals surface area contributed by atoms with Crippen LogP contribution in [0.2, 0.25) is 0 Å². The number of hydrogen-bond acceptors (Lipinski definition) is 5. The van der Waals surface area contributed by atoms with Crippen molar-refractivity contribution in [2.75, 3.05) is 16.8 Å². The summed E-state index contributed by atoms with van der Waals surface area (Å²) in [5, 5.41) is 9.34. The number of hydrogen-bond donors (Lipinski definition) is 2. The molecule has 1 aliphatic heterocycles. The van der Waals surface area contributed by atoms with Crippen LogP contribution in [0, 0.1) is 11.6 Å². The Bertz CT molecular complexity index is 1180. The van der Waals surface area contributed by atoms with Gasteiger partial charge in [-0.2, -0.15) is 5.10 Å². The third-order valence-electron chi connectivity index (χ3n) is 5.59. The van der Waals surface area contributed by atoms with Crippen molar-refractivity contribution in [2.45, 2.75) is 37.8 Å². The summed E-state index contributed by atoms with van der Waals surface area (Å²) in [4.78, 5) is 30.6. The number of aromatic nitrogens is 3. The van der Waals surface area contributed by atoms with E-state index in [4.69, 9.17) is 0 Å². The van der Waals surface area contributed by atoms with Crippen LogP contribution in [0.3, 0.4) is 0 Å². The third kappa shape index (κ3) is 3.80. The Morgan fingerprint density at radius 1 is 1.10 bits per heavy atom. The predicted molar refractivity (Wildman–Crippen MR) is 108 cm³/mol. The third-order valence-corrected chi connectivity index (χ3v) is 5.59. The fraction of sp³-hybridized carbons (Fsp3) is 0.333. The van der Waals surface area contributed by atoms with E-state index in [0.29, 0.717) is 30.1 Å². The maximum atomic E-state index is 14.4. The summed E-state index contributed by atoms with van der Waals surface area (Å²) < 4.78 is 29.6. The molecule has 160 valence electrons. The second kappa shape index (κ2) is 7.60. The first-order valence-electron chi connectivity index (χ1n) is 10.2. The summed E-state index contributed by atoms with van der Waals surface area (Å²) in [7, 11) is 0. The molecular formula is C21H20F2N6O2. The standard InChI is InChI=1S/C21H20F2N6O2/c22-12-3-6-15(23)14(10-12)17-2-1-8-28(17)18-7-9-29-19(27-18)16(11-24-29)26-21(31)20(30)25-13-4-5-13/h3,6-7,9-11,13,17H,1-2,4-5,8H2,(H,25,30)(H,26,31)/t17-/m1/s1. The van der Waals surface area contributed by atoms with E-state index >= 15 is 0 Å². The zero-order chi connectivity index (χ0) is 21.5. The molecule has 31 heavy (non-hydrogen) atoms. The molecule has 1 aromatic carbocycles. The molecule has 0 unspecified atom stereocenters. The van der Waals surface area contributed by atoms with Crippen LogP contribution < -0.4 is 15.5 Å². The van der Waals surface area contributed by atoms with Crippen LogP contribution in [0.4, 0.5) is 20.3 Å². The van der Waals surface area contributed by atoms with Crippen molar-refractivity contribution in [1.29, 1.82) is 0 Å². The van der Waals surface area contributed by atoms with Gasteiger partial charge in [-0.1, -0.05) is 0 Å². The maximum Gasteiger partial charge on any atom is 0.313 e. The molecule has 2 aliphatic rings. The van der Waals surface area contributed by atoms with Gasteiger partial charge in [0.15, 0.2) is 5.65 Å². The number of nitrogens with one attached hydrogen (secondary N) is 2. The quantitative estimate of drug-likeness (QED) is 0.626. The van der Waals surface area contributed by atoms with Gasteiger partial charge in [0.2, 0.25) is 0 Å². The highest BCUT2D eigenvalue weighted by Crippen LogP contribution is 2.37. The van der Waals surface area contributed by atoms with E-state index in [1.54, 1.807) is 12.3 Å². The van der Waals surface area contributed by atoms with Crippen molar-refractivity contribution in [3.8, 4) is 0 Å². The van der Waals surface area contributed by atoms with E-state index in [2.05, 4.69) is 20.7 Å². The summed E-state index contributed by atoms with van der Waals surface area (Å²) in [6.45, 7) is 0.628. The van der Waals surface area contributed by atoms with Gasteiger partial charge in [-0.25, -0.2) is 18.3 Å². The molecule has 1 saturated carbocycles. The normalized spacial score (nSPS) is 18.4. The van der Waals surface area contributed by atoms with Crippen LogP contribution in [-0.2, 0) is 9.59 Å². The lowest BCUT2D eigenvalue weighted by Crippen LogP contribution is -2.36. The molecule has 1 atom stereocenters. The maximum absolute atomic E-state index is 14.4. The topological polar surface area (TPSA) is 91.6 Å². The predicted octanol–water partition coefficient (Wildman–Crippen LogP) is 2.57. The van der Waals surface area contributed by atoms with Crippen molar-refractivity contribution in [2.24, 2.45) is 0 Å². The van der Waals surface area contributed by atoms with E-state index in [9.17, 15) is 18.4 Å². The van der Waals surface area contributed by atoms with Gasteiger partial charge in [-0.15, -0.1) is 0 Å². The molecule has 0 spiro atoms. The number of carbonyl (C=O) groups excluding carboxylic acids is 2. The molecule has 2 fully saturated rings. The van der Waals surface area contributed by atoms with Crippen LogP contribution in [-0.4, -0.2) is 39.0 Å². The Labute approximate surface area is 176 Å². The Morgan fingerprint density at radius 2 is 1.94 bits per heavy atom. The first kappa shape index (κ1) is 19.4. The molecule has 1 aliphatic carbocycles. The average Bonchev–Trinajstić information content (AvgIpc) is 3.29. The Hall–Kier alpha value is -3.56. The lowest BCUT2D eigenvalue weighted by Gasteiger charge is -2.26. The SMILES string of the molecule is O=C(Nc1cnn2ccc(N3CCC[C@@H]3c3cc(F)ccc3F)nc12)C(=O)NC1CC1. The minimum Gasteiger partial charge on any atom is -0.349 e. The summed E-state index contributed by atoms with van der Waals surface area (Å²) in [5.41, 5.74) is 0.943. The van der Waals surface area contributed by atoms with Crippen molar-refractivity contribution in [3.63, 3.8) is 0 Å². The van der Waals surface area contributed by atoms with Crippen molar-refractivity contribution in [1.82, 2.24) is 19.9 Å². The Balaban J connectivity index is 1.42. The van der Waals surface area contributed by atoms with Crippen LogP contribution in [0.15, 0.2) is 36.7 Å². The molecule has 1 saturated heterocycles. The van der Waals surface area contributed by atoms with Crippen molar-refractivity contribution < 1.29 is 18.4 Å². The smallest absolute Gasteiger partial charge is 0.313 e. The minimum atomic E-state index is -0.783. The van der Waals surface area contributed by atoms with Gasteiger partial charge < -0.3 is 15.5 Å². The summed E-state index contributed by atoms with van der Waals surface area (Å²) in [5.74, 6) is -1.87. The van der Waals surface area contributed by atoms with Gasteiger partial charge in [0.25, 0.3) is 0 Å². The van der Waals surface area contributed by atoms with Crippen LogP contribution in [0.1, 0.15) is 37.3 Å². The number of rotatable bonds is 4. The van der Waals surface area contributed by atoms with Gasteiger partial charge in [0.05, 0.1) is 12.2 Å². The molecule has 3 heterocycles. The van der Waals surface area contributed by atoms with Crippen LogP contribution >= 0.6 is 0 Å². The van der Waals surface area contributed by atoms with Gasteiger partial charge in [-0.3, -0.25) is 9.59 Å². The number of amides is 2. The summed E-state index contributed by atoms with van der Waals surface area (Å²) in [6, 6.07) is 4.91. The first-order chi connectivity index (χ1) is 15.0. The van der Waals surface area contributed by atoms with Gasteiger partial charge >= 0.3 is 11.8 Å². The van der Waals surface area contributed by atoms with Gasteiger partial charge in [-0.05, 0) is 49.9 Å². The highest BCUT2D eigenvalue weighted by Gasteiger charge is 2.30. The monoisotopic (exact) mass is 426 g/mol. The summed E-state index contributed by atoms with van der Waals surface area (Å²) >= 11 is 0. The largest absolute Gasteiger partial charge is 0.349 e. The molecular weight excluding hydrogens is 406 g/mol. The van der Waals surface area contributed by atoms with E-state index in [-0.39, 0.29) is 17.6 Å². The Morgan fingerprint density at radius 3 is 2.74 bits per heavy atom. The number of fused-ring (bicyclic) bond motifs is 1. The average molecular weight is 426 g/mol. The van der Waals surface area contributed by atoms with E-state index in [1.807, 2.05) is 4.90 Å². The number of carbonyl (C=O) groups is 2. The number of nitrogens with zero attached hydrogens (tertiary/aromatic N) is 4. The molecule has 10 heteroatoms. The lowest BCUT2D eigenvalue weighted by molar-refractivity contribution is -0.136. The zero-order valence-electron chi connectivity index (χ0n) is 16.5. The second-order valence-electron chi connectivity index (χ2n) is 7.83. The highest BCUT2D eigenvalue weighted by molar-refractivity contribution is 6.40.